The third kappa shape index (κ3) is 4.44. The van der Waals surface area contributed by atoms with Crippen LogP contribution in [0.2, 0.25) is 0 Å². The van der Waals surface area contributed by atoms with Gasteiger partial charge in [0, 0.05) is 25.8 Å². The van der Waals surface area contributed by atoms with Crippen molar-refractivity contribution >= 4 is 6.09 Å². The van der Waals surface area contributed by atoms with Crippen molar-refractivity contribution in [2.24, 2.45) is 0 Å². The van der Waals surface area contributed by atoms with Crippen molar-refractivity contribution in [2.45, 2.75) is 12.6 Å². The summed E-state index contributed by atoms with van der Waals surface area (Å²) in [6.45, 7) is 0.285. The standard InChI is InChI=1S/C14H14F3N3O4/c1-20(7-2-8-21)13(22)23-10-5-3-9(4-6-10)11-18-12(24-19-11)14(15,16)17/h3-6,21H,2,7-8H2,1H3. The molecule has 0 fully saturated rings. The first-order valence-electron chi connectivity index (χ1n) is 6.86. The molecule has 0 saturated carbocycles. The molecule has 0 spiro atoms. The van der Waals surface area contributed by atoms with Crippen molar-refractivity contribution in [3.8, 4) is 17.1 Å². The van der Waals surface area contributed by atoms with Crippen LogP contribution in [0.25, 0.3) is 11.4 Å². The van der Waals surface area contributed by atoms with Crippen LogP contribution in [0.1, 0.15) is 12.3 Å². The second kappa shape index (κ2) is 7.30. The third-order valence-electron chi connectivity index (χ3n) is 2.95. The Morgan fingerprint density at radius 3 is 2.54 bits per heavy atom. The number of hydrogen-bond donors (Lipinski definition) is 1. The summed E-state index contributed by atoms with van der Waals surface area (Å²) >= 11 is 0. The smallest absolute Gasteiger partial charge is 0.410 e. The number of rotatable bonds is 5. The number of ether oxygens (including phenoxy) is 1. The van der Waals surface area contributed by atoms with Gasteiger partial charge in [-0.1, -0.05) is 5.16 Å². The predicted octanol–water partition coefficient (Wildman–Crippen LogP) is 2.57. The van der Waals surface area contributed by atoms with Crippen molar-refractivity contribution in [3.63, 3.8) is 0 Å². The van der Waals surface area contributed by atoms with E-state index < -0.39 is 18.2 Å². The van der Waals surface area contributed by atoms with E-state index in [0.717, 1.165) is 0 Å². The van der Waals surface area contributed by atoms with E-state index in [1.54, 1.807) is 0 Å². The number of aliphatic hydroxyl groups excluding tert-OH is 1. The average Bonchev–Trinajstić information content (AvgIpc) is 3.03. The first-order chi connectivity index (χ1) is 11.3. The highest BCUT2D eigenvalue weighted by atomic mass is 19.4. The van der Waals surface area contributed by atoms with Gasteiger partial charge >= 0.3 is 18.2 Å². The molecule has 24 heavy (non-hydrogen) atoms. The van der Waals surface area contributed by atoms with Crippen molar-refractivity contribution in [1.29, 1.82) is 0 Å². The van der Waals surface area contributed by atoms with E-state index in [4.69, 9.17) is 9.84 Å². The molecule has 1 aromatic heterocycles. The summed E-state index contributed by atoms with van der Waals surface area (Å²) in [7, 11) is 1.52. The summed E-state index contributed by atoms with van der Waals surface area (Å²) in [5.74, 6) is -1.45. The molecule has 7 nitrogen and oxygen atoms in total. The van der Waals surface area contributed by atoms with E-state index in [9.17, 15) is 18.0 Å². The lowest BCUT2D eigenvalue weighted by Crippen LogP contribution is -2.30. The van der Waals surface area contributed by atoms with Crippen LogP contribution in [0, 0.1) is 0 Å². The Morgan fingerprint density at radius 2 is 2.00 bits per heavy atom. The minimum atomic E-state index is -4.71. The Bertz CT molecular complexity index is 685. The minimum Gasteiger partial charge on any atom is -0.410 e. The van der Waals surface area contributed by atoms with Crippen molar-refractivity contribution in [1.82, 2.24) is 15.0 Å². The topological polar surface area (TPSA) is 88.7 Å². The van der Waals surface area contributed by atoms with E-state index in [1.807, 2.05) is 0 Å². The molecule has 0 radical (unpaired) electrons. The molecule has 0 unspecified atom stereocenters. The van der Waals surface area contributed by atoms with Gasteiger partial charge in [-0.25, -0.2) is 4.79 Å². The molecule has 1 aromatic carbocycles. The molecular weight excluding hydrogens is 331 g/mol. The maximum atomic E-state index is 12.4. The fraction of sp³-hybridized carbons (Fsp3) is 0.357. The second-order valence-corrected chi connectivity index (χ2v) is 4.81. The van der Waals surface area contributed by atoms with Gasteiger partial charge < -0.3 is 19.3 Å². The summed E-state index contributed by atoms with van der Waals surface area (Å²) in [4.78, 5) is 16.3. The molecule has 0 bridgehead atoms. The van der Waals surface area contributed by atoms with E-state index in [2.05, 4.69) is 14.7 Å². The SMILES string of the molecule is CN(CCCO)C(=O)Oc1ccc(-c2noc(C(F)(F)F)n2)cc1. The number of benzene rings is 1. The molecule has 0 saturated heterocycles. The van der Waals surface area contributed by atoms with Gasteiger partial charge in [0.25, 0.3) is 0 Å². The lowest BCUT2D eigenvalue weighted by molar-refractivity contribution is -0.159. The Morgan fingerprint density at radius 1 is 1.33 bits per heavy atom. The van der Waals surface area contributed by atoms with Gasteiger partial charge in [-0.2, -0.15) is 18.2 Å². The van der Waals surface area contributed by atoms with Crippen LogP contribution in [0.5, 0.6) is 5.75 Å². The monoisotopic (exact) mass is 345 g/mol. The largest absolute Gasteiger partial charge is 0.471 e. The van der Waals surface area contributed by atoms with Crippen molar-refractivity contribution in [2.75, 3.05) is 20.2 Å². The van der Waals surface area contributed by atoms with Crippen LogP contribution >= 0.6 is 0 Å². The molecule has 10 heteroatoms. The molecule has 0 aliphatic rings. The van der Waals surface area contributed by atoms with Crippen LogP contribution in [0.3, 0.4) is 0 Å². The Kier molecular flexibility index (Phi) is 5.39. The van der Waals surface area contributed by atoms with Gasteiger partial charge in [-0.05, 0) is 30.7 Å². The van der Waals surface area contributed by atoms with Crippen LogP contribution < -0.4 is 4.74 Å². The molecule has 0 aliphatic heterocycles. The average molecular weight is 345 g/mol. The summed E-state index contributed by atoms with van der Waals surface area (Å²) in [6.07, 6.45) is -4.90. The van der Waals surface area contributed by atoms with Gasteiger partial charge in [0.2, 0.25) is 5.82 Å². The van der Waals surface area contributed by atoms with E-state index in [1.165, 1.54) is 36.2 Å². The Labute approximate surface area is 134 Å². The highest BCUT2D eigenvalue weighted by Crippen LogP contribution is 2.29. The lowest BCUT2D eigenvalue weighted by atomic mass is 10.2. The van der Waals surface area contributed by atoms with Gasteiger partial charge in [0.1, 0.15) is 5.75 Å². The zero-order chi connectivity index (χ0) is 17.7. The highest BCUT2D eigenvalue weighted by molar-refractivity contribution is 5.70. The first-order valence-corrected chi connectivity index (χ1v) is 6.86. The molecule has 1 amide bonds. The molecule has 0 atom stereocenters. The van der Waals surface area contributed by atoms with Gasteiger partial charge in [-0.3, -0.25) is 0 Å². The number of nitrogens with zero attached hydrogens (tertiary/aromatic N) is 3. The summed E-state index contributed by atoms with van der Waals surface area (Å²) < 4.78 is 46.5. The van der Waals surface area contributed by atoms with Crippen LogP contribution in [-0.4, -0.2) is 46.4 Å². The number of aliphatic hydroxyl groups is 1. The molecule has 130 valence electrons. The summed E-state index contributed by atoms with van der Waals surface area (Å²) in [5.41, 5.74) is 0.280. The molecule has 0 aliphatic carbocycles. The second-order valence-electron chi connectivity index (χ2n) is 4.81. The minimum absolute atomic E-state index is 0.0447. The van der Waals surface area contributed by atoms with E-state index in [-0.39, 0.29) is 23.7 Å². The third-order valence-corrected chi connectivity index (χ3v) is 2.95. The van der Waals surface area contributed by atoms with Crippen LogP contribution in [0.4, 0.5) is 18.0 Å². The molecular formula is C14H14F3N3O4. The summed E-state index contributed by atoms with van der Waals surface area (Å²) in [5, 5.41) is 12.0. The number of amides is 1. The quantitative estimate of drug-likeness (QED) is 0.896. The van der Waals surface area contributed by atoms with Gasteiger partial charge in [-0.15, -0.1) is 0 Å². The maximum absolute atomic E-state index is 12.4. The molecule has 1 heterocycles. The highest BCUT2D eigenvalue weighted by Gasteiger charge is 2.38. The Balaban J connectivity index is 2.03. The van der Waals surface area contributed by atoms with Gasteiger partial charge in [0.05, 0.1) is 0 Å². The normalized spacial score (nSPS) is 11.4. The van der Waals surface area contributed by atoms with E-state index in [0.29, 0.717) is 13.0 Å². The lowest BCUT2D eigenvalue weighted by Gasteiger charge is -2.16. The molecule has 2 rings (SSSR count). The Hall–Kier alpha value is -2.62. The van der Waals surface area contributed by atoms with Crippen molar-refractivity contribution in [3.05, 3.63) is 30.2 Å². The summed E-state index contributed by atoms with van der Waals surface area (Å²) in [6, 6.07) is 5.61. The maximum Gasteiger partial charge on any atom is 0.471 e. The molecule has 2 aromatic rings. The predicted molar refractivity (Wildman–Crippen MR) is 75.1 cm³/mol. The van der Waals surface area contributed by atoms with Gasteiger partial charge in [0.15, 0.2) is 0 Å². The number of alkyl halides is 3. The van der Waals surface area contributed by atoms with Crippen LogP contribution in [-0.2, 0) is 6.18 Å². The number of halogens is 3. The fourth-order valence-electron chi connectivity index (χ4n) is 1.71. The van der Waals surface area contributed by atoms with Crippen LogP contribution in [0.15, 0.2) is 28.8 Å². The zero-order valence-corrected chi connectivity index (χ0v) is 12.6. The van der Waals surface area contributed by atoms with Crippen molar-refractivity contribution < 1.29 is 32.3 Å². The number of hydrogen-bond acceptors (Lipinski definition) is 6. The zero-order valence-electron chi connectivity index (χ0n) is 12.6. The number of carbonyl (C=O) groups is 1. The fourth-order valence-corrected chi connectivity index (χ4v) is 1.71. The number of carbonyl (C=O) groups excluding carboxylic acids is 1. The first kappa shape index (κ1) is 17.7. The van der Waals surface area contributed by atoms with E-state index >= 15 is 0 Å². The molecule has 1 N–H and O–H groups in total. The number of aromatic nitrogens is 2.